The number of rotatable bonds is 4. The van der Waals surface area contributed by atoms with Gasteiger partial charge in [0.25, 0.3) is 0 Å². The van der Waals surface area contributed by atoms with Crippen LogP contribution >= 0.6 is 11.8 Å². The van der Waals surface area contributed by atoms with Crippen LogP contribution in [0.5, 0.6) is 0 Å². The van der Waals surface area contributed by atoms with Crippen LogP contribution < -0.4 is 4.46 Å². The number of hydrogen-bond donors (Lipinski definition) is 2. The van der Waals surface area contributed by atoms with E-state index in [0.29, 0.717) is 33.2 Å². The van der Waals surface area contributed by atoms with Gasteiger partial charge in [0.15, 0.2) is 0 Å². The summed E-state index contributed by atoms with van der Waals surface area (Å²) in [6.45, 7) is 4.71. The van der Waals surface area contributed by atoms with Gasteiger partial charge in [-0.15, -0.1) is 0 Å². The first-order chi connectivity index (χ1) is 15.4. The normalized spacial score (nSPS) is 18.8. The summed E-state index contributed by atoms with van der Waals surface area (Å²) >= 11 is 2.52. The third kappa shape index (κ3) is 6.70. The minimum absolute atomic E-state index is 0.521. The fourth-order valence-electron chi connectivity index (χ4n) is 3.82. The molecule has 2 aliphatic rings. The Hall–Kier alpha value is -2.09. The number of nitrogens with zero attached hydrogens (tertiary/aromatic N) is 2. The molecule has 2 aliphatic heterocycles. The number of piperazine rings is 1. The maximum atomic E-state index is 9.55. The van der Waals surface area contributed by atoms with Gasteiger partial charge in [0.2, 0.25) is 0 Å². The van der Waals surface area contributed by atoms with E-state index >= 15 is 0 Å². The Labute approximate surface area is 199 Å². The van der Waals surface area contributed by atoms with Crippen molar-refractivity contribution in [3.8, 4) is 0 Å². The summed E-state index contributed by atoms with van der Waals surface area (Å²) in [5, 5.41) is 15.6. The molecule has 6 nitrogen and oxygen atoms in total. The molecule has 170 valence electrons. The van der Waals surface area contributed by atoms with Crippen LogP contribution in [0.1, 0.15) is 17.2 Å². The van der Waals surface area contributed by atoms with Crippen LogP contribution in [0.3, 0.4) is 0 Å². The van der Waals surface area contributed by atoms with Crippen LogP contribution in [0, 0.1) is 0 Å². The molecular formula is C24H28N2O4SSe. The van der Waals surface area contributed by atoms with Gasteiger partial charge in [0, 0.05) is 12.2 Å². The Kier molecular flexibility index (Phi) is 8.96. The Bertz CT molecular complexity index is 974. The molecule has 2 N–H and O–H groups in total. The van der Waals surface area contributed by atoms with Gasteiger partial charge in [-0.05, 0) is 0 Å². The molecule has 8 heteroatoms. The summed E-state index contributed by atoms with van der Waals surface area (Å²) in [4.78, 5) is 27.2. The molecule has 32 heavy (non-hydrogen) atoms. The number of carboxylic acid groups (broad SMARTS) is 2. The zero-order valence-corrected chi connectivity index (χ0v) is 20.8. The molecule has 1 saturated heterocycles. The summed E-state index contributed by atoms with van der Waals surface area (Å²) in [5.74, 6) is -0.196. The van der Waals surface area contributed by atoms with E-state index in [1.54, 1.807) is 5.56 Å². The molecule has 0 aromatic heterocycles. The predicted octanol–water partition coefficient (Wildman–Crippen LogP) is 2.77. The molecule has 0 spiro atoms. The van der Waals surface area contributed by atoms with Gasteiger partial charge in [-0.3, -0.25) is 0 Å². The summed E-state index contributed by atoms with van der Waals surface area (Å²) < 4.78 is 1.52. The van der Waals surface area contributed by atoms with Gasteiger partial charge in [0.05, 0.1) is 0 Å². The van der Waals surface area contributed by atoms with Gasteiger partial charge in [0.1, 0.15) is 0 Å². The van der Waals surface area contributed by atoms with Crippen molar-refractivity contribution in [1.82, 2.24) is 9.80 Å². The van der Waals surface area contributed by atoms with Crippen molar-refractivity contribution in [2.75, 3.05) is 33.2 Å². The van der Waals surface area contributed by atoms with Crippen molar-refractivity contribution in [3.63, 3.8) is 0 Å². The number of fused-ring (bicyclic) bond motifs is 2. The summed E-state index contributed by atoms with van der Waals surface area (Å²) in [5.41, 5.74) is 3.06. The summed E-state index contributed by atoms with van der Waals surface area (Å²) in [6, 6.07) is 16.7. The number of carbonyl (C=O) groups is 2. The van der Waals surface area contributed by atoms with E-state index in [1.807, 2.05) is 11.8 Å². The molecule has 1 fully saturated rings. The Morgan fingerprint density at radius 2 is 1.66 bits per heavy atom. The number of hydrogen-bond acceptors (Lipinski definition) is 5. The van der Waals surface area contributed by atoms with Gasteiger partial charge in [-0.2, -0.15) is 0 Å². The van der Waals surface area contributed by atoms with E-state index in [0.717, 1.165) is 6.42 Å². The maximum absolute atomic E-state index is 9.55. The molecule has 2 aromatic rings. The average molecular weight is 520 g/mol. The van der Waals surface area contributed by atoms with Crippen LogP contribution in [0.15, 0.2) is 64.4 Å². The third-order valence-electron chi connectivity index (χ3n) is 5.53. The number of likely N-dealkylation sites (N-methyl/N-ethyl adjacent to an activating group) is 1. The number of aliphatic carboxylic acids is 2. The first kappa shape index (κ1) is 24.5. The quantitative estimate of drug-likeness (QED) is 0.475. The average Bonchev–Trinajstić information content (AvgIpc) is 2.95. The van der Waals surface area contributed by atoms with Crippen LogP contribution in [-0.4, -0.2) is 80.1 Å². The van der Waals surface area contributed by atoms with E-state index in [-0.39, 0.29) is 0 Å². The largest absolute Gasteiger partial charge is 0.478 e. The van der Waals surface area contributed by atoms with E-state index in [2.05, 4.69) is 65.1 Å². The zero-order chi connectivity index (χ0) is 23.1. The van der Waals surface area contributed by atoms with Gasteiger partial charge < -0.3 is 10.2 Å². The van der Waals surface area contributed by atoms with Crippen LogP contribution in [0.2, 0.25) is 5.82 Å². The van der Waals surface area contributed by atoms with E-state index in [9.17, 15) is 9.59 Å². The van der Waals surface area contributed by atoms with Crippen LogP contribution in [0.25, 0.3) is 0 Å². The van der Waals surface area contributed by atoms with Gasteiger partial charge in [-0.25, -0.2) is 9.59 Å². The van der Waals surface area contributed by atoms with Gasteiger partial charge in [-0.1, -0.05) is 0 Å². The standard InChI is InChI=1S/C20H24N2SSe.C4H4O4/c1-21-9-11-22(12-10-21)18-13-15-5-3-4-6-19(15)23-20-8-7-16(24-2)14-17(18)20;5-3(6)1-2-4(7)8/h3-8,14,18H,9-13H2,1-2H3;1-2H,(H,5,6)(H,7,8)/b;2-1+. The molecular weight excluding hydrogens is 491 g/mol. The van der Waals surface area contributed by atoms with E-state index < -0.39 is 11.9 Å². The molecule has 0 amide bonds. The van der Waals surface area contributed by atoms with E-state index in [4.69, 9.17) is 10.2 Å². The third-order valence-corrected chi connectivity index (χ3v) is 8.26. The minimum atomic E-state index is -1.26. The molecule has 1 atom stereocenters. The number of carboxylic acids is 2. The molecule has 0 bridgehead atoms. The Morgan fingerprint density at radius 1 is 1.00 bits per heavy atom. The molecule has 0 saturated carbocycles. The first-order valence-electron chi connectivity index (χ1n) is 10.4. The van der Waals surface area contributed by atoms with Crippen LogP contribution in [0.4, 0.5) is 0 Å². The van der Waals surface area contributed by atoms with Crippen molar-refractivity contribution < 1.29 is 19.8 Å². The topological polar surface area (TPSA) is 81.1 Å². The molecule has 0 aliphatic carbocycles. The smallest absolute Gasteiger partial charge is 0.328 e. The molecule has 2 heterocycles. The molecule has 0 radical (unpaired) electrons. The number of benzene rings is 2. The van der Waals surface area contributed by atoms with Crippen molar-refractivity contribution in [2.24, 2.45) is 0 Å². The first-order valence-corrected chi connectivity index (χ1v) is 13.8. The van der Waals surface area contributed by atoms with Crippen LogP contribution in [-0.2, 0) is 16.0 Å². The Morgan fingerprint density at radius 3 is 2.28 bits per heavy atom. The fraction of sp³-hybridized carbons (Fsp3) is 0.333. The monoisotopic (exact) mass is 520 g/mol. The second-order valence-corrected chi connectivity index (χ2v) is 10.6. The van der Waals surface area contributed by atoms with Crippen molar-refractivity contribution >= 4 is 43.1 Å². The predicted molar refractivity (Wildman–Crippen MR) is 128 cm³/mol. The zero-order valence-electron chi connectivity index (χ0n) is 18.2. The molecule has 4 rings (SSSR count). The van der Waals surface area contributed by atoms with E-state index in [1.165, 1.54) is 46.0 Å². The van der Waals surface area contributed by atoms with Gasteiger partial charge >= 0.3 is 168 Å². The maximum Gasteiger partial charge on any atom is 0.328 e. The van der Waals surface area contributed by atoms with Crippen molar-refractivity contribution in [1.29, 1.82) is 0 Å². The second-order valence-electron chi connectivity index (χ2n) is 7.68. The summed E-state index contributed by atoms with van der Waals surface area (Å²) in [6.07, 6.45) is 2.25. The Balaban J connectivity index is 0.000000312. The molecule has 1 unspecified atom stereocenters. The van der Waals surface area contributed by atoms with Crippen molar-refractivity contribution in [3.05, 3.63) is 65.7 Å². The second kappa shape index (κ2) is 11.7. The van der Waals surface area contributed by atoms with Crippen molar-refractivity contribution in [2.45, 2.75) is 28.1 Å². The minimum Gasteiger partial charge on any atom is -0.478 e. The SMILES string of the molecule is C[Se]c1ccc2c(c1)C(N1CCN(C)CC1)Cc1ccccc1S2.O=C(O)/C=C/C(=O)O. The molecule has 2 aromatic carbocycles. The summed E-state index contributed by atoms with van der Waals surface area (Å²) in [7, 11) is 2.24. The fourth-order valence-corrected chi connectivity index (χ4v) is 5.87.